The van der Waals surface area contributed by atoms with Crippen LogP contribution in [0, 0.1) is 5.92 Å². The van der Waals surface area contributed by atoms with Crippen LogP contribution in [0.3, 0.4) is 0 Å². The van der Waals surface area contributed by atoms with Crippen molar-refractivity contribution in [1.29, 1.82) is 0 Å². The Morgan fingerprint density at radius 2 is 2.25 bits per heavy atom. The number of aliphatic hydroxyl groups is 1. The normalized spacial score (nSPS) is 19.1. The predicted octanol–water partition coefficient (Wildman–Crippen LogP) is 3.45. The summed E-state index contributed by atoms with van der Waals surface area (Å²) in [6.45, 7) is 0. The zero-order valence-electron chi connectivity index (χ0n) is 9.60. The molecule has 0 bridgehead atoms. The van der Waals surface area contributed by atoms with Gasteiger partial charge in [0.2, 0.25) is 0 Å². The first-order valence-corrected chi connectivity index (χ1v) is 7.28. The number of hydrogen-bond donors (Lipinski definition) is 1. The molecule has 2 nitrogen and oxygen atoms in total. The minimum absolute atomic E-state index is 0.136. The highest BCUT2D eigenvalue weighted by Gasteiger charge is 2.18. The molecule has 0 saturated heterocycles. The Balaban J connectivity index is 1.58. The van der Waals surface area contributed by atoms with Gasteiger partial charge in [-0.05, 0) is 24.5 Å². The van der Waals surface area contributed by atoms with E-state index in [9.17, 15) is 5.11 Å². The second-order valence-electron chi connectivity index (χ2n) is 4.63. The Labute approximate surface area is 101 Å². The lowest BCUT2D eigenvalue weighted by molar-refractivity contribution is 0.165. The molecule has 1 atom stereocenters. The molecule has 1 saturated carbocycles. The first-order valence-electron chi connectivity index (χ1n) is 6.13. The van der Waals surface area contributed by atoms with Gasteiger partial charge in [-0.1, -0.05) is 25.7 Å². The van der Waals surface area contributed by atoms with Crippen molar-refractivity contribution in [3.8, 4) is 0 Å². The summed E-state index contributed by atoms with van der Waals surface area (Å²) in [5.41, 5.74) is 0. The average molecular weight is 240 g/mol. The van der Waals surface area contributed by atoms with E-state index in [2.05, 4.69) is 0 Å². The highest BCUT2D eigenvalue weighted by atomic mass is 32.2. The second kappa shape index (κ2) is 6.36. The molecule has 1 aliphatic carbocycles. The maximum atomic E-state index is 9.89. The molecule has 1 aromatic rings. The first kappa shape index (κ1) is 12.1. The number of aliphatic hydroxyl groups excluding tert-OH is 1. The SMILES string of the molecule is OC(CSCc1ccco1)CC1CCCC1. The van der Waals surface area contributed by atoms with Gasteiger partial charge in [-0.15, -0.1) is 0 Å². The van der Waals surface area contributed by atoms with Gasteiger partial charge in [0, 0.05) is 5.75 Å². The van der Waals surface area contributed by atoms with Crippen molar-refractivity contribution in [3.05, 3.63) is 24.2 Å². The van der Waals surface area contributed by atoms with Gasteiger partial charge in [-0.3, -0.25) is 0 Å². The van der Waals surface area contributed by atoms with Crippen molar-refractivity contribution >= 4 is 11.8 Å². The van der Waals surface area contributed by atoms with E-state index in [0.29, 0.717) is 0 Å². The third-order valence-electron chi connectivity index (χ3n) is 3.21. The molecule has 0 aromatic carbocycles. The van der Waals surface area contributed by atoms with Crippen molar-refractivity contribution in [1.82, 2.24) is 0 Å². The molecular weight excluding hydrogens is 220 g/mol. The fourth-order valence-electron chi connectivity index (χ4n) is 2.39. The molecule has 1 heterocycles. The van der Waals surface area contributed by atoms with Crippen molar-refractivity contribution in [2.45, 2.75) is 44.0 Å². The standard InChI is InChI=1S/C13H20O2S/c14-12(8-11-4-1-2-5-11)9-16-10-13-6-3-7-15-13/h3,6-7,11-12,14H,1-2,4-5,8-10H2. The third kappa shape index (κ3) is 3.87. The molecule has 16 heavy (non-hydrogen) atoms. The zero-order valence-corrected chi connectivity index (χ0v) is 10.4. The van der Waals surface area contributed by atoms with Crippen molar-refractivity contribution in [3.63, 3.8) is 0 Å². The number of furan rings is 1. The van der Waals surface area contributed by atoms with E-state index in [-0.39, 0.29) is 6.10 Å². The summed E-state index contributed by atoms with van der Waals surface area (Å²) >= 11 is 1.76. The van der Waals surface area contributed by atoms with Gasteiger partial charge in [-0.2, -0.15) is 11.8 Å². The van der Waals surface area contributed by atoms with E-state index in [1.54, 1.807) is 18.0 Å². The Morgan fingerprint density at radius 1 is 1.44 bits per heavy atom. The minimum atomic E-state index is -0.136. The van der Waals surface area contributed by atoms with Crippen LogP contribution < -0.4 is 0 Å². The molecule has 0 aliphatic heterocycles. The van der Waals surface area contributed by atoms with E-state index in [4.69, 9.17) is 4.42 Å². The summed E-state index contributed by atoms with van der Waals surface area (Å²) in [7, 11) is 0. The first-order chi connectivity index (χ1) is 7.84. The van der Waals surface area contributed by atoms with E-state index in [1.807, 2.05) is 12.1 Å². The van der Waals surface area contributed by atoms with Crippen LogP contribution in [0.4, 0.5) is 0 Å². The molecule has 1 aromatic heterocycles. The lowest BCUT2D eigenvalue weighted by Crippen LogP contribution is -2.14. The van der Waals surface area contributed by atoms with Gasteiger partial charge >= 0.3 is 0 Å². The summed E-state index contributed by atoms with van der Waals surface area (Å²) in [6.07, 6.45) is 7.91. The van der Waals surface area contributed by atoms with Crippen LogP contribution in [0.25, 0.3) is 0 Å². The summed E-state index contributed by atoms with van der Waals surface area (Å²) in [4.78, 5) is 0. The molecule has 2 rings (SSSR count). The number of thioether (sulfide) groups is 1. The molecule has 3 heteroatoms. The van der Waals surface area contributed by atoms with Gasteiger partial charge in [0.05, 0.1) is 18.1 Å². The Bertz CT molecular complexity index is 278. The van der Waals surface area contributed by atoms with Crippen molar-refractivity contribution < 1.29 is 9.52 Å². The van der Waals surface area contributed by atoms with Gasteiger partial charge in [0.25, 0.3) is 0 Å². The van der Waals surface area contributed by atoms with E-state index in [1.165, 1.54) is 25.7 Å². The molecule has 0 amide bonds. The molecule has 0 radical (unpaired) electrons. The van der Waals surface area contributed by atoms with Gasteiger partial charge in [0.15, 0.2) is 0 Å². The lowest BCUT2D eigenvalue weighted by atomic mass is 10.0. The van der Waals surface area contributed by atoms with Crippen LogP contribution in [-0.2, 0) is 5.75 Å². The topological polar surface area (TPSA) is 33.4 Å². The van der Waals surface area contributed by atoms with Crippen LogP contribution in [0.2, 0.25) is 0 Å². The van der Waals surface area contributed by atoms with E-state index >= 15 is 0 Å². The molecule has 1 unspecified atom stereocenters. The number of hydrogen-bond acceptors (Lipinski definition) is 3. The Kier molecular flexibility index (Phi) is 4.79. The summed E-state index contributed by atoms with van der Waals surface area (Å²) in [6, 6.07) is 3.89. The molecule has 90 valence electrons. The number of rotatable bonds is 6. The van der Waals surface area contributed by atoms with Crippen molar-refractivity contribution in [2.75, 3.05) is 5.75 Å². The second-order valence-corrected chi connectivity index (χ2v) is 5.66. The van der Waals surface area contributed by atoms with Crippen LogP contribution in [0.5, 0.6) is 0 Å². The maximum absolute atomic E-state index is 9.89. The lowest BCUT2D eigenvalue weighted by Gasteiger charge is -2.14. The quantitative estimate of drug-likeness (QED) is 0.826. The highest BCUT2D eigenvalue weighted by molar-refractivity contribution is 7.98. The summed E-state index contributed by atoms with van der Waals surface area (Å²) in [5, 5.41) is 9.89. The Morgan fingerprint density at radius 3 is 2.94 bits per heavy atom. The van der Waals surface area contributed by atoms with Crippen LogP contribution in [0.1, 0.15) is 37.9 Å². The fraction of sp³-hybridized carbons (Fsp3) is 0.692. The predicted molar refractivity (Wildman–Crippen MR) is 67.5 cm³/mol. The van der Waals surface area contributed by atoms with Crippen LogP contribution in [0.15, 0.2) is 22.8 Å². The minimum Gasteiger partial charge on any atom is -0.468 e. The third-order valence-corrected chi connectivity index (χ3v) is 4.32. The van der Waals surface area contributed by atoms with Crippen molar-refractivity contribution in [2.24, 2.45) is 5.92 Å². The van der Waals surface area contributed by atoms with Crippen LogP contribution >= 0.6 is 11.8 Å². The fourth-order valence-corrected chi connectivity index (χ4v) is 3.28. The van der Waals surface area contributed by atoms with E-state index < -0.39 is 0 Å². The average Bonchev–Trinajstić information content (AvgIpc) is 2.90. The van der Waals surface area contributed by atoms with Gasteiger partial charge < -0.3 is 9.52 Å². The van der Waals surface area contributed by atoms with Gasteiger partial charge in [0.1, 0.15) is 5.76 Å². The molecule has 1 N–H and O–H groups in total. The Hall–Kier alpha value is -0.410. The van der Waals surface area contributed by atoms with Crippen LogP contribution in [-0.4, -0.2) is 17.0 Å². The molecular formula is C13H20O2S. The van der Waals surface area contributed by atoms with E-state index in [0.717, 1.165) is 29.6 Å². The molecule has 1 aliphatic rings. The molecule has 1 fully saturated rings. The summed E-state index contributed by atoms with van der Waals surface area (Å²) < 4.78 is 5.25. The monoisotopic (exact) mass is 240 g/mol. The maximum Gasteiger partial charge on any atom is 0.113 e. The molecule has 0 spiro atoms. The van der Waals surface area contributed by atoms with Gasteiger partial charge in [-0.25, -0.2) is 0 Å². The largest absolute Gasteiger partial charge is 0.468 e. The summed E-state index contributed by atoms with van der Waals surface area (Å²) in [5.74, 6) is 3.48. The highest BCUT2D eigenvalue weighted by Crippen LogP contribution is 2.29. The smallest absolute Gasteiger partial charge is 0.113 e. The zero-order chi connectivity index (χ0) is 11.2.